The second-order valence-electron chi connectivity index (χ2n) is 17.2. The molecule has 8 heteroatoms. The molecule has 5 fully saturated rings. The lowest BCUT2D eigenvalue weighted by atomic mass is 9.33. The zero-order chi connectivity index (χ0) is 32.2. The number of carboxylic acid groups (broad SMARTS) is 2. The molecule has 4 saturated carbocycles. The summed E-state index contributed by atoms with van der Waals surface area (Å²) in [4.78, 5) is 24.6. The van der Waals surface area contributed by atoms with E-state index in [0.29, 0.717) is 23.7 Å². The van der Waals surface area contributed by atoms with E-state index in [9.17, 15) is 30.0 Å². The molecule has 8 nitrogen and oxygen atoms in total. The van der Waals surface area contributed by atoms with Gasteiger partial charge in [0.25, 0.3) is 0 Å². The van der Waals surface area contributed by atoms with E-state index in [2.05, 4.69) is 54.5 Å². The van der Waals surface area contributed by atoms with Crippen LogP contribution in [0.2, 0.25) is 0 Å². The summed E-state index contributed by atoms with van der Waals surface area (Å²) in [6.07, 6.45) is 5.74. The number of fused-ring (bicyclic) bond motifs is 7. The minimum absolute atomic E-state index is 0.0327. The van der Waals surface area contributed by atoms with Crippen molar-refractivity contribution in [1.29, 1.82) is 0 Å². The number of carboxylic acids is 2. The third-order valence-corrected chi connectivity index (χ3v) is 15.4. The van der Waals surface area contributed by atoms with Crippen LogP contribution in [0.3, 0.4) is 0 Å². The molecule has 0 radical (unpaired) electrons. The average Bonchev–Trinajstić information content (AvgIpc) is 2.94. The van der Waals surface area contributed by atoms with Gasteiger partial charge in [-0.1, -0.05) is 60.1 Å². The quantitative estimate of drug-likeness (QED) is 0.222. The number of aliphatic carboxylic acids is 2. The van der Waals surface area contributed by atoms with E-state index in [-0.39, 0.29) is 40.1 Å². The van der Waals surface area contributed by atoms with Gasteiger partial charge in [-0.25, -0.2) is 4.79 Å². The van der Waals surface area contributed by atoms with E-state index >= 15 is 0 Å². The molecular weight excluding hydrogens is 560 g/mol. The van der Waals surface area contributed by atoms with E-state index in [1.165, 1.54) is 5.57 Å². The Morgan fingerprint density at radius 3 is 2.27 bits per heavy atom. The van der Waals surface area contributed by atoms with Gasteiger partial charge < -0.3 is 29.9 Å². The number of hydrogen-bond donors (Lipinski definition) is 4. The van der Waals surface area contributed by atoms with E-state index in [1.807, 2.05) is 0 Å². The highest BCUT2D eigenvalue weighted by Gasteiger charge is 2.69. The third kappa shape index (κ3) is 4.29. The molecule has 4 N–H and O–H groups in total. The fraction of sp³-hybridized carbons (Fsp3) is 0.889. The minimum Gasteiger partial charge on any atom is -0.481 e. The summed E-state index contributed by atoms with van der Waals surface area (Å²) >= 11 is 0. The molecule has 6 aliphatic rings. The molecule has 1 saturated heterocycles. The largest absolute Gasteiger partial charge is 0.481 e. The molecule has 1 aliphatic heterocycles. The molecule has 14 atom stereocenters. The van der Waals surface area contributed by atoms with Crippen molar-refractivity contribution in [3.05, 3.63) is 11.6 Å². The molecular formula is C36H56O8. The standard InChI is InChI=1S/C36H56O8/c1-19-10-15-36(31(41)42)17-16-34(6)21(27(36)20(19)2)8-9-24-33(5)13-12-25(32(3,4)23(33)11-14-35(24,34)7)43-26-18-22(37)28(38)29(44-26)30(39)40/h8,19-20,22-29,37-38H,9-18H2,1-7H3,(H,39,40)(H,41,42)/t19-,20+,22?,23?,24?,25+,26-,27?,28+,29?,33+,34-,35-,36+/m1/s1. The number of ether oxygens (including phenoxy) is 2. The maximum absolute atomic E-state index is 13.0. The molecule has 5 aliphatic carbocycles. The Hall–Kier alpha value is -1.48. The normalized spacial score (nSPS) is 53.2. The van der Waals surface area contributed by atoms with Crippen molar-refractivity contribution in [2.24, 2.45) is 56.7 Å². The summed E-state index contributed by atoms with van der Waals surface area (Å²) in [5.74, 6) is -0.0620. The number of aliphatic hydroxyl groups is 2. The Morgan fingerprint density at radius 2 is 1.61 bits per heavy atom. The van der Waals surface area contributed by atoms with Crippen LogP contribution in [0.4, 0.5) is 0 Å². The molecule has 0 bridgehead atoms. The maximum atomic E-state index is 13.0. The van der Waals surface area contributed by atoms with Gasteiger partial charge in [0.2, 0.25) is 0 Å². The lowest BCUT2D eigenvalue weighted by Crippen LogP contribution is -2.65. The van der Waals surface area contributed by atoms with Crippen LogP contribution in [0.5, 0.6) is 0 Å². The number of allylic oxidation sites excluding steroid dienone is 2. The van der Waals surface area contributed by atoms with E-state index in [4.69, 9.17) is 9.47 Å². The summed E-state index contributed by atoms with van der Waals surface area (Å²) in [5, 5.41) is 40.7. The van der Waals surface area contributed by atoms with Crippen LogP contribution in [0.25, 0.3) is 0 Å². The van der Waals surface area contributed by atoms with Gasteiger partial charge in [0.15, 0.2) is 12.4 Å². The summed E-state index contributed by atoms with van der Waals surface area (Å²) in [7, 11) is 0. The van der Waals surface area contributed by atoms with Crippen LogP contribution in [-0.4, -0.2) is 63.1 Å². The molecule has 248 valence electrons. The van der Waals surface area contributed by atoms with Crippen molar-refractivity contribution < 1.29 is 39.5 Å². The Kier molecular flexibility index (Phi) is 7.76. The zero-order valence-electron chi connectivity index (χ0n) is 27.8. The lowest BCUT2D eigenvalue weighted by Gasteiger charge is -2.71. The highest BCUT2D eigenvalue weighted by atomic mass is 16.7. The first-order valence-corrected chi connectivity index (χ1v) is 17.3. The van der Waals surface area contributed by atoms with Gasteiger partial charge in [-0.2, -0.15) is 0 Å². The van der Waals surface area contributed by atoms with Crippen molar-refractivity contribution in [3.8, 4) is 0 Å². The highest BCUT2D eigenvalue weighted by Crippen LogP contribution is 2.76. The van der Waals surface area contributed by atoms with Crippen molar-refractivity contribution in [2.75, 3.05) is 0 Å². The number of aliphatic hydroxyl groups excluding tert-OH is 2. The van der Waals surface area contributed by atoms with Crippen LogP contribution in [-0.2, 0) is 19.1 Å². The van der Waals surface area contributed by atoms with Crippen LogP contribution in [0.1, 0.15) is 113 Å². The van der Waals surface area contributed by atoms with Gasteiger partial charge in [-0.05, 0) is 109 Å². The monoisotopic (exact) mass is 616 g/mol. The van der Waals surface area contributed by atoms with Crippen molar-refractivity contribution in [2.45, 2.75) is 143 Å². The molecule has 0 amide bonds. The Labute approximate surface area is 263 Å². The molecule has 0 aromatic heterocycles. The Balaban J connectivity index is 1.29. The average molecular weight is 617 g/mol. The topological polar surface area (TPSA) is 134 Å². The fourth-order valence-electron chi connectivity index (χ4n) is 12.4. The molecule has 0 aromatic carbocycles. The van der Waals surface area contributed by atoms with Crippen molar-refractivity contribution in [3.63, 3.8) is 0 Å². The zero-order valence-corrected chi connectivity index (χ0v) is 27.8. The maximum Gasteiger partial charge on any atom is 0.335 e. The van der Waals surface area contributed by atoms with Crippen LogP contribution >= 0.6 is 0 Å². The van der Waals surface area contributed by atoms with E-state index in [1.54, 1.807) is 0 Å². The van der Waals surface area contributed by atoms with Gasteiger partial charge in [-0.15, -0.1) is 0 Å². The summed E-state index contributed by atoms with van der Waals surface area (Å²) in [5.41, 5.74) is 0.712. The van der Waals surface area contributed by atoms with Crippen molar-refractivity contribution >= 4 is 11.9 Å². The smallest absolute Gasteiger partial charge is 0.335 e. The SMILES string of the molecule is C[C@@H]1CC[C@]2(C(=O)O)CC[C@]3(C)C(=CCC4[C@@]5(C)CC[C@H](O[C@H]6CC(O)[C@H](O)C(C(=O)O)O6)C(C)(C)C5CC[C@]43C)C2[C@H]1C. The lowest BCUT2D eigenvalue weighted by molar-refractivity contribution is -0.292. The third-order valence-electron chi connectivity index (χ3n) is 15.4. The molecule has 44 heavy (non-hydrogen) atoms. The molecule has 1 heterocycles. The first-order chi connectivity index (χ1) is 20.4. The fourth-order valence-corrected chi connectivity index (χ4v) is 12.4. The molecule has 0 aromatic rings. The first-order valence-electron chi connectivity index (χ1n) is 17.3. The molecule has 6 rings (SSSR count). The van der Waals surface area contributed by atoms with Gasteiger partial charge in [-0.3, -0.25) is 4.79 Å². The Morgan fingerprint density at radius 1 is 0.909 bits per heavy atom. The summed E-state index contributed by atoms with van der Waals surface area (Å²) in [6, 6.07) is 0. The van der Waals surface area contributed by atoms with Gasteiger partial charge in [0.1, 0.15) is 6.10 Å². The minimum atomic E-state index is -1.51. The van der Waals surface area contributed by atoms with Crippen LogP contribution in [0.15, 0.2) is 11.6 Å². The first kappa shape index (κ1) is 32.5. The predicted molar refractivity (Wildman–Crippen MR) is 164 cm³/mol. The number of rotatable bonds is 4. The second-order valence-corrected chi connectivity index (χ2v) is 17.2. The number of carbonyl (C=O) groups is 2. The van der Waals surface area contributed by atoms with Crippen LogP contribution in [0, 0.1) is 56.7 Å². The second kappa shape index (κ2) is 10.5. The molecule has 5 unspecified atom stereocenters. The van der Waals surface area contributed by atoms with Gasteiger partial charge >= 0.3 is 11.9 Å². The Bertz CT molecular complexity index is 1210. The van der Waals surface area contributed by atoms with Gasteiger partial charge in [0, 0.05) is 6.42 Å². The summed E-state index contributed by atoms with van der Waals surface area (Å²) in [6.45, 7) is 16.7. The van der Waals surface area contributed by atoms with Gasteiger partial charge in [0.05, 0.1) is 17.6 Å². The van der Waals surface area contributed by atoms with E-state index in [0.717, 1.165) is 57.8 Å². The van der Waals surface area contributed by atoms with Crippen molar-refractivity contribution in [1.82, 2.24) is 0 Å². The highest BCUT2D eigenvalue weighted by molar-refractivity contribution is 5.76. The number of hydrogen-bond acceptors (Lipinski definition) is 6. The molecule has 0 spiro atoms. The summed E-state index contributed by atoms with van der Waals surface area (Å²) < 4.78 is 12.2. The van der Waals surface area contributed by atoms with Crippen LogP contribution < -0.4 is 0 Å². The predicted octanol–water partition coefficient (Wildman–Crippen LogP) is 6.04. The van der Waals surface area contributed by atoms with E-state index < -0.39 is 42.0 Å².